The fourth-order valence-corrected chi connectivity index (χ4v) is 2.33. The van der Waals surface area contributed by atoms with Gasteiger partial charge in [-0.1, -0.05) is 37.3 Å². The molecular formula is C21H22N2O4. The maximum Gasteiger partial charge on any atom is 0.347 e. The molecule has 27 heavy (non-hydrogen) atoms. The summed E-state index contributed by atoms with van der Waals surface area (Å²) < 4.78 is 10.4. The molecule has 0 saturated carbocycles. The van der Waals surface area contributed by atoms with Crippen LogP contribution in [-0.4, -0.2) is 31.1 Å². The first kappa shape index (κ1) is 20.0. The summed E-state index contributed by atoms with van der Waals surface area (Å²) >= 11 is 0. The topological polar surface area (TPSA) is 88.4 Å². The van der Waals surface area contributed by atoms with Crippen LogP contribution >= 0.6 is 0 Å². The Balaban J connectivity index is 1.72. The van der Waals surface area contributed by atoms with Gasteiger partial charge in [-0.05, 0) is 42.7 Å². The quantitative estimate of drug-likeness (QED) is 0.726. The van der Waals surface area contributed by atoms with Crippen molar-refractivity contribution in [3.05, 3.63) is 65.7 Å². The third kappa shape index (κ3) is 6.48. The highest BCUT2D eigenvalue weighted by Gasteiger charge is 2.18. The molecule has 0 aliphatic carbocycles. The molecule has 2 rings (SSSR count). The SMILES string of the molecule is C[C@H](CNC(=O)COC(=O)[C@@H](C)Oc1ccc(C#N)cc1)c1ccccc1. The molecule has 0 saturated heterocycles. The number of benzene rings is 2. The molecule has 0 aliphatic heterocycles. The fourth-order valence-electron chi connectivity index (χ4n) is 2.33. The van der Waals surface area contributed by atoms with Gasteiger partial charge in [0.2, 0.25) is 0 Å². The highest BCUT2D eigenvalue weighted by molar-refractivity contribution is 5.82. The molecule has 6 heteroatoms. The normalized spacial score (nSPS) is 12.3. The molecule has 0 fully saturated rings. The first-order valence-corrected chi connectivity index (χ1v) is 8.64. The second-order valence-corrected chi connectivity index (χ2v) is 6.12. The van der Waals surface area contributed by atoms with Crippen molar-refractivity contribution in [2.45, 2.75) is 25.9 Å². The van der Waals surface area contributed by atoms with Crippen molar-refractivity contribution in [1.82, 2.24) is 5.32 Å². The minimum Gasteiger partial charge on any atom is -0.479 e. The lowest BCUT2D eigenvalue weighted by Gasteiger charge is -2.15. The lowest BCUT2D eigenvalue weighted by molar-refractivity contribution is -0.154. The Morgan fingerprint density at radius 2 is 1.74 bits per heavy atom. The minimum absolute atomic E-state index is 0.157. The van der Waals surface area contributed by atoms with E-state index >= 15 is 0 Å². The van der Waals surface area contributed by atoms with Crippen molar-refractivity contribution in [3.8, 4) is 11.8 Å². The Morgan fingerprint density at radius 3 is 2.37 bits per heavy atom. The fraction of sp³-hybridized carbons (Fsp3) is 0.286. The number of rotatable bonds is 8. The average Bonchev–Trinajstić information content (AvgIpc) is 2.71. The van der Waals surface area contributed by atoms with Gasteiger partial charge in [0.25, 0.3) is 5.91 Å². The monoisotopic (exact) mass is 366 g/mol. The van der Waals surface area contributed by atoms with Crippen molar-refractivity contribution in [2.75, 3.05) is 13.2 Å². The number of amides is 1. The van der Waals surface area contributed by atoms with Gasteiger partial charge >= 0.3 is 5.97 Å². The van der Waals surface area contributed by atoms with E-state index in [1.165, 1.54) is 6.92 Å². The summed E-state index contributed by atoms with van der Waals surface area (Å²) in [4.78, 5) is 23.8. The van der Waals surface area contributed by atoms with Gasteiger partial charge in [0.15, 0.2) is 12.7 Å². The highest BCUT2D eigenvalue weighted by atomic mass is 16.6. The van der Waals surface area contributed by atoms with Crippen LogP contribution in [0.3, 0.4) is 0 Å². The van der Waals surface area contributed by atoms with Crippen molar-refractivity contribution in [2.24, 2.45) is 0 Å². The molecule has 2 atom stereocenters. The van der Waals surface area contributed by atoms with Gasteiger partial charge in [0, 0.05) is 6.54 Å². The molecule has 0 unspecified atom stereocenters. The molecule has 6 nitrogen and oxygen atoms in total. The predicted octanol–water partition coefficient (Wildman–Crippen LogP) is 2.79. The molecule has 2 aromatic rings. The number of nitriles is 1. The van der Waals surface area contributed by atoms with Crippen LogP contribution in [0, 0.1) is 11.3 Å². The van der Waals surface area contributed by atoms with Gasteiger partial charge < -0.3 is 14.8 Å². The van der Waals surface area contributed by atoms with Crippen molar-refractivity contribution in [1.29, 1.82) is 5.26 Å². The Morgan fingerprint density at radius 1 is 1.07 bits per heavy atom. The van der Waals surface area contributed by atoms with Crippen LogP contribution < -0.4 is 10.1 Å². The molecule has 140 valence electrons. The first-order valence-electron chi connectivity index (χ1n) is 8.64. The number of esters is 1. The number of nitrogens with one attached hydrogen (secondary N) is 1. The Kier molecular flexibility index (Phi) is 7.38. The summed E-state index contributed by atoms with van der Waals surface area (Å²) in [6.07, 6.45) is -0.867. The number of hydrogen-bond donors (Lipinski definition) is 1. The van der Waals surface area contributed by atoms with Gasteiger partial charge in [0.1, 0.15) is 5.75 Å². The smallest absolute Gasteiger partial charge is 0.347 e. The standard InChI is InChI=1S/C21H22N2O4/c1-15(18-6-4-3-5-7-18)13-23-20(24)14-26-21(25)16(2)27-19-10-8-17(12-22)9-11-19/h3-11,15-16H,13-14H2,1-2H3,(H,23,24)/t15-,16-/m1/s1. The summed E-state index contributed by atoms with van der Waals surface area (Å²) in [6.45, 7) is 3.64. The van der Waals surface area contributed by atoms with Crippen LogP contribution in [-0.2, 0) is 14.3 Å². The van der Waals surface area contributed by atoms with E-state index in [1.54, 1.807) is 24.3 Å². The van der Waals surface area contributed by atoms with E-state index in [-0.39, 0.29) is 18.4 Å². The number of ether oxygens (including phenoxy) is 2. The van der Waals surface area contributed by atoms with Crippen molar-refractivity contribution >= 4 is 11.9 Å². The van der Waals surface area contributed by atoms with E-state index in [0.717, 1.165) is 5.56 Å². The molecular weight excluding hydrogens is 344 g/mol. The molecule has 2 aromatic carbocycles. The van der Waals surface area contributed by atoms with Crippen molar-refractivity contribution in [3.63, 3.8) is 0 Å². The summed E-state index contributed by atoms with van der Waals surface area (Å²) in [6, 6.07) is 18.2. The van der Waals surface area contributed by atoms with Gasteiger partial charge in [-0.3, -0.25) is 4.79 Å². The molecule has 1 amide bonds. The number of hydrogen-bond acceptors (Lipinski definition) is 5. The average molecular weight is 366 g/mol. The zero-order valence-electron chi connectivity index (χ0n) is 15.3. The van der Waals surface area contributed by atoms with E-state index in [0.29, 0.717) is 17.9 Å². The van der Waals surface area contributed by atoms with Crippen LogP contribution in [0.4, 0.5) is 0 Å². The summed E-state index contributed by atoms with van der Waals surface area (Å²) in [7, 11) is 0. The van der Waals surface area contributed by atoms with E-state index in [2.05, 4.69) is 5.32 Å². The number of carbonyl (C=O) groups excluding carboxylic acids is 2. The molecule has 0 spiro atoms. The van der Waals surface area contributed by atoms with Crippen LogP contribution in [0.25, 0.3) is 0 Å². The summed E-state index contributed by atoms with van der Waals surface area (Å²) in [5.74, 6) is -0.397. The molecule has 0 aromatic heterocycles. The zero-order valence-corrected chi connectivity index (χ0v) is 15.3. The predicted molar refractivity (Wildman–Crippen MR) is 100 cm³/mol. The Labute approximate surface area is 158 Å². The Hall–Kier alpha value is -3.33. The maximum absolute atomic E-state index is 12.0. The lowest BCUT2D eigenvalue weighted by Crippen LogP contribution is -2.34. The summed E-state index contributed by atoms with van der Waals surface area (Å²) in [5.41, 5.74) is 1.62. The molecule has 0 radical (unpaired) electrons. The Bertz CT molecular complexity index is 797. The summed E-state index contributed by atoms with van der Waals surface area (Å²) in [5, 5.41) is 11.5. The number of carbonyl (C=O) groups is 2. The second kappa shape index (κ2) is 9.97. The number of nitrogens with zero attached hydrogens (tertiary/aromatic N) is 1. The van der Waals surface area contributed by atoms with Gasteiger partial charge in [-0.2, -0.15) is 5.26 Å². The molecule has 0 bridgehead atoms. The van der Waals surface area contributed by atoms with Gasteiger partial charge in [0.05, 0.1) is 11.6 Å². The highest BCUT2D eigenvalue weighted by Crippen LogP contribution is 2.14. The molecule has 0 heterocycles. The molecule has 1 N–H and O–H groups in total. The third-order valence-corrected chi connectivity index (χ3v) is 3.95. The van der Waals surface area contributed by atoms with Crippen LogP contribution in [0.15, 0.2) is 54.6 Å². The van der Waals surface area contributed by atoms with Gasteiger partial charge in [-0.15, -0.1) is 0 Å². The maximum atomic E-state index is 12.0. The van der Waals surface area contributed by atoms with Gasteiger partial charge in [-0.25, -0.2) is 4.79 Å². The lowest BCUT2D eigenvalue weighted by atomic mass is 10.0. The minimum atomic E-state index is -0.867. The second-order valence-electron chi connectivity index (χ2n) is 6.12. The van der Waals surface area contributed by atoms with Crippen LogP contribution in [0.2, 0.25) is 0 Å². The van der Waals surface area contributed by atoms with Crippen molar-refractivity contribution < 1.29 is 19.1 Å². The van der Waals surface area contributed by atoms with Crippen LogP contribution in [0.1, 0.15) is 30.9 Å². The van der Waals surface area contributed by atoms with Crippen LogP contribution in [0.5, 0.6) is 5.75 Å². The zero-order chi connectivity index (χ0) is 19.6. The molecule has 0 aliphatic rings. The van der Waals surface area contributed by atoms with E-state index in [4.69, 9.17) is 14.7 Å². The third-order valence-electron chi connectivity index (χ3n) is 3.95. The van der Waals surface area contributed by atoms with E-state index in [1.807, 2.05) is 43.3 Å². The van der Waals surface area contributed by atoms with E-state index < -0.39 is 12.1 Å². The van der Waals surface area contributed by atoms with E-state index in [9.17, 15) is 9.59 Å². The first-order chi connectivity index (χ1) is 13.0. The largest absolute Gasteiger partial charge is 0.479 e.